The first-order valence-corrected chi connectivity index (χ1v) is 6.61. The fourth-order valence-corrected chi connectivity index (χ4v) is 2.39. The summed E-state index contributed by atoms with van der Waals surface area (Å²) in [6.07, 6.45) is 2.10. The molecule has 0 saturated heterocycles. The second-order valence-electron chi connectivity index (χ2n) is 4.68. The fraction of sp³-hybridized carbons (Fsp3) is 0.133. The molecule has 6 heteroatoms. The number of nitrogens with zero attached hydrogens (tertiary/aromatic N) is 3. The van der Waals surface area contributed by atoms with Crippen LogP contribution in [0.5, 0.6) is 0 Å². The zero-order valence-corrected chi connectivity index (χ0v) is 11.3. The maximum absolute atomic E-state index is 10.9. The first-order chi connectivity index (χ1) is 10.2. The molecule has 6 nitrogen and oxygen atoms in total. The van der Waals surface area contributed by atoms with Gasteiger partial charge in [0.2, 0.25) is 0 Å². The molecule has 21 heavy (non-hydrogen) atoms. The van der Waals surface area contributed by atoms with Crippen LogP contribution in [0.15, 0.2) is 48.7 Å². The summed E-state index contributed by atoms with van der Waals surface area (Å²) < 4.78 is 1.76. The lowest BCUT2D eigenvalue weighted by Gasteiger charge is -2.03. The molecule has 0 aliphatic heterocycles. The number of fused-ring (bicyclic) bond motifs is 1. The van der Waals surface area contributed by atoms with Crippen molar-refractivity contribution >= 4 is 11.3 Å². The lowest BCUT2D eigenvalue weighted by Crippen LogP contribution is -2.06. The lowest BCUT2D eigenvalue weighted by atomic mass is 10.1. The highest BCUT2D eigenvalue weighted by Gasteiger charge is 2.16. The zero-order valence-electron chi connectivity index (χ0n) is 11.3. The Kier molecular flexibility index (Phi) is 3.37. The summed E-state index contributed by atoms with van der Waals surface area (Å²) in [5.41, 5.74) is 9.09. The Morgan fingerprint density at radius 2 is 1.95 bits per heavy atom. The third-order valence-corrected chi connectivity index (χ3v) is 3.34. The number of nitrogens with two attached hydrogens (primary N) is 1. The average molecular weight is 282 g/mol. The van der Waals surface area contributed by atoms with Crippen molar-refractivity contribution in [2.24, 2.45) is 5.73 Å². The van der Waals surface area contributed by atoms with Gasteiger partial charge in [-0.05, 0) is 12.6 Å². The van der Waals surface area contributed by atoms with E-state index >= 15 is 0 Å². The van der Waals surface area contributed by atoms with Crippen LogP contribution in [0.25, 0.3) is 16.9 Å². The van der Waals surface area contributed by atoms with Crippen LogP contribution in [-0.2, 0) is 6.42 Å². The second kappa shape index (κ2) is 5.34. The number of hydrogen-bond donors (Lipinski definition) is 1. The predicted octanol–water partition coefficient (Wildman–Crippen LogP) is 2.41. The molecule has 2 N–H and O–H groups in total. The molecule has 0 aliphatic carbocycles. The molecule has 1 aromatic carbocycles. The van der Waals surface area contributed by atoms with E-state index in [0.717, 1.165) is 17.0 Å². The van der Waals surface area contributed by atoms with Crippen molar-refractivity contribution in [3.8, 4) is 11.3 Å². The van der Waals surface area contributed by atoms with E-state index in [4.69, 9.17) is 5.73 Å². The highest BCUT2D eigenvalue weighted by molar-refractivity contribution is 5.67. The van der Waals surface area contributed by atoms with E-state index in [1.807, 2.05) is 30.3 Å². The van der Waals surface area contributed by atoms with E-state index in [0.29, 0.717) is 18.6 Å². The normalized spacial score (nSPS) is 10.9. The summed E-state index contributed by atoms with van der Waals surface area (Å²) >= 11 is 0. The van der Waals surface area contributed by atoms with Crippen LogP contribution < -0.4 is 5.73 Å². The Morgan fingerprint density at radius 3 is 2.62 bits per heavy atom. The highest BCUT2D eigenvalue weighted by Crippen LogP contribution is 2.26. The quantitative estimate of drug-likeness (QED) is 0.588. The molecule has 0 saturated carbocycles. The van der Waals surface area contributed by atoms with Crippen LogP contribution >= 0.6 is 0 Å². The van der Waals surface area contributed by atoms with Gasteiger partial charge >= 0.3 is 0 Å². The SMILES string of the molecule is NCCc1c(-c2ccccc2)nc2ccc([N+](=O)[O-])cn12. The fourth-order valence-electron chi connectivity index (χ4n) is 2.39. The number of benzene rings is 1. The Hall–Kier alpha value is -2.73. The smallest absolute Gasteiger partial charge is 0.286 e. The predicted molar refractivity (Wildman–Crippen MR) is 80.0 cm³/mol. The number of pyridine rings is 1. The molecular formula is C15H14N4O2. The summed E-state index contributed by atoms with van der Waals surface area (Å²) in [4.78, 5) is 15.1. The van der Waals surface area contributed by atoms with E-state index in [2.05, 4.69) is 4.98 Å². The van der Waals surface area contributed by atoms with Crippen molar-refractivity contribution in [1.82, 2.24) is 9.38 Å². The van der Waals surface area contributed by atoms with Crippen molar-refractivity contribution in [2.45, 2.75) is 6.42 Å². The number of aromatic nitrogens is 2. The zero-order chi connectivity index (χ0) is 14.8. The number of hydrogen-bond acceptors (Lipinski definition) is 4. The summed E-state index contributed by atoms with van der Waals surface area (Å²) in [7, 11) is 0. The van der Waals surface area contributed by atoms with E-state index in [1.54, 1.807) is 10.5 Å². The minimum Gasteiger partial charge on any atom is -0.330 e. The van der Waals surface area contributed by atoms with Crippen molar-refractivity contribution < 1.29 is 4.92 Å². The van der Waals surface area contributed by atoms with Gasteiger partial charge < -0.3 is 5.73 Å². The number of imidazole rings is 1. The largest absolute Gasteiger partial charge is 0.330 e. The Balaban J connectivity index is 2.25. The van der Waals surface area contributed by atoms with E-state index in [1.165, 1.54) is 12.3 Å². The van der Waals surface area contributed by atoms with Crippen LogP contribution in [0.3, 0.4) is 0 Å². The molecule has 0 radical (unpaired) electrons. The van der Waals surface area contributed by atoms with Gasteiger partial charge in [0.15, 0.2) is 0 Å². The topological polar surface area (TPSA) is 86.5 Å². The van der Waals surface area contributed by atoms with Crippen molar-refractivity contribution in [2.75, 3.05) is 6.54 Å². The van der Waals surface area contributed by atoms with Crippen molar-refractivity contribution in [3.63, 3.8) is 0 Å². The molecular weight excluding hydrogens is 268 g/mol. The molecule has 0 atom stereocenters. The van der Waals surface area contributed by atoms with Gasteiger partial charge in [-0.25, -0.2) is 4.98 Å². The van der Waals surface area contributed by atoms with Crippen LogP contribution in [0.1, 0.15) is 5.69 Å². The van der Waals surface area contributed by atoms with Gasteiger partial charge in [0.05, 0.1) is 22.5 Å². The van der Waals surface area contributed by atoms with Gasteiger partial charge in [-0.3, -0.25) is 14.5 Å². The number of rotatable bonds is 4. The van der Waals surface area contributed by atoms with Gasteiger partial charge in [-0.15, -0.1) is 0 Å². The third-order valence-electron chi connectivity index (χ3n) is 3.34. The van der Waals surface area contributed by atoms with Crippen LogP contribution in [0.2, 0.25) is 0 Å². The summed E-state index contributed by atoms with van der Waals surface area (Å²) in [6.45, 7) is 0.455. The molecule has 0 spiro atoms. The minimum absolute atomic E-state index is 0.0396. The van der Waals surface area contributed by atoms with Gasteiger partial charge in [-0.1, -0.05) is 30.3 Å². The monoisotopic (exact) mass is 282 g/mol. The molecule has 0 amide bonds. The third kappa shape index (κ3) is 2.36. The molecule has 0 unspecified atom stereocenters. The molecule has 0 fully saturated rings. The van der Waals surface area contributed by atoms with Gasteiger partial charge in [-0.2, -0.15) is 0 Å². The maximum Gasteiger partial charge on any atom is 0.286 e. The molecule has 0 aliphatic rings. The van der Waals surface area contributed by atoms with Gasteiger partial charge in [0, 0.05) is 18.1 Å². The Labute approximate surface area is 121 Å². The number of nitro groups is 1. The van der Waals surface area contributed by atoms with Crippen molar-refractivity contribution in [3.05, 3.63) is 64.5 Å². The van der Waals surface area contributed by atoms with E-state index in [-0.39, 0.29) is 5.69 Å². The van der Waals surface area contributed by atoms with Crippen LogP contribution in [0, 0.1) is 10.1 Å². The summed E-state index contributed by atoms with van der Waals surface area (Å²) in [5.74, 6) is 0. The molecule has 0 bridgehead atoms. The van der Waals surface area contributed by atoms with E-state index in [9.17, 15) is 10.1 Å². The molecule has 2 aromatic heterocycles. The summed E-state index contributed by atoms with van der Waals surface area (Å²) in [6, 6.07) is 12.9. The van der Waals surface area contributed by atoms with Crippen LogP contribution in [0.4, 0.5) is 5.69 Å². The Bertz CT molecular complexity index is 796. The van der Waals surface area contributed by atoms with Crippen LogP contribution in [-0.4, -0.2) is 20.9 Å². The minimum atomic E-state index is -0.409. The molecule has 106 valence electrons. The van der Waals surface area contributed by atoms with Gasteiger partial charge in [0.25, 0.3) is 5.69 Å². The summed E-state index contributed by atoms with van der Waals surface area (Å²) in [5, 5.41) is 10.9. The average Bonchev–Trinajstić information content (AvgIpc) is 2.86. The Morgan fingerprint density at radius 1 is 1.19 bits per heavy atom. The first-order valence-electron chi connectivity index (χ1n) is 6.61. The molecule has 2 heterocycles. The molecule has 3 rings (SSSR count). The first kappa shape index (κ1) is 13.3. The highest BCUT2D eigenvalue weighted by atomic mass is 16.6. The lowest BCUT2D eigenvalue weighted by molar-refractivity contribution is -0.385. The van der Waals surface area contributed by atoms with E-state index < -0.39 is 4.92 Å². The second-order valence-corrected chi connectivity index (χ2v) is 4.68. The maximum atomic E-state index is 10.9. The van der Waals surface area contributed by atoms with Gasteiger partial charge in [0.1, 0.15) is 5.65 Å². The molecule has 3 aromatic rings. The van der Waals surface area contributed by atoms with Crippen molar-refractivity contribution in [1.29, 1.82) is 0 Å². The standard InChI is InChI=1S/C15H14N4O2/c16-9-8-13-15(11-4-2-1-3-5-11)17-14-7-6-12(19(20)21)10-18(13)14/h1-7,10H,8-9,16H2.